The van der Waals surface area contributed by atoms with Gasteiger partial charge in [0, 0.05) is 0 Å². The Balaban J connectivity index is 0.00000169. The minimum absolute atomic E-state index is 0. The topological polar surface area (TPSA) is 60.2 Å². The van der Waals surface area contributed by atoms with Crippen LogP contribution in [0.15, 0.2) is 29.2 Å². The molecule has 0 amide bonds. The van der Waals surface area contributed by atoms with Gasteiger partial charge in [-0.15, -0.1) is 16.3 Å². The predicted molar refractivity (Wildman–Crippen MR) is 54.7 cm³/mol. The summed E-state index contributed by atoms with van der Waals surface area (Å²) in [6, 6.07) is 5.92. The average Bonchev–Trinajstić information content (AvgIpc) is 2.04. The molecule has 0 aliphatic rings. The van der Waals surface area contributed by atoms with Gasteiger partial charge in [-0.25, -0.2) is 0 Å². The molecule has 14 heavy (non-hydrogen) atoms. The van der Waals surface area contributed by atoms with Crippen molar-refractivity contribution in [2.75, 3.05) is 6.54 Å². The summed E-state index contributed by atoms with van der Waals surface area (Å²) in [4.78, 5) is -0.277. The Morgan fingerprint density at radius 1 is 1.29 bits per heavy atom. The lowest BCUT2D eigenvalue weighted by molar-refractivity contribution is 0.551. The summed E-state index contributed by atoms with van der Waals surface area (Å²) in [5.74, 6) is 0. The van der Waals surface area contributed by atoms with Gasteiger partial charge in [0.1, 0.15) is 4.90 Å². The molecule has 0 atom stereocenters. The molecule has 0 fully saturated rings. The van der Waals surface area contributed by atoms with Crippen LogP contribution in [0.4, 0.5) is 3.89 Å². The summed E-state index contributed by atoms with van der Waals surface area (Å²) in [6.45, 7) is 0.298. The van der Waals surface area contributed by atoms with Crippen LogP contribution in [0.3, 0.4) is 0 Å². The quantitative estimate of drug-likeness (QED) is 0.808. The van der Waals surface area contributed by atoms with Gasteiger partial charge in [0.2, 0.25) is 0 Å². The van der Waals surface area contributed by atoms with Gasteiger partial charge in [-0.2, -0.15) is 8.42 Å². The lowest BCUT2D eigenvalue weighted by Crippen LogP contribution is -2.06. The number of hydrogen-bond acceptors (Lipinski definition) is 3. The zero-order valence-electron chi connectivity index (χ0n) is 7.31. The SMILES string of the molecule is Cl.NCCc1ccccc1S(=O)(=O)F. The van der Waals surface area contributed by atoms with Crippen molar-refractivity contribution in [2.45, 2.75) is 11.3 Å². The van der Waals surface area contributed by atoms with Crippen LogP contribution in [0.25, 0.3) is 0 Å². The van der Waals surface area contributed by atoms with Gasteiger partial charge in [0.15, 0.2) is 0 Å². The van der Waals surface area contributed by atoms with E-state index in [2.05, 4.69) is 0 Å². The minimum atomic E-state index is -4.61. The number of benzene rings is 1. The molecule has 3 nitrogen and oxygen atoms in total. The third-order valence-electron chi connectivity index (χ3n) is 1.65. The number of nitrogens with two attached hydrogens (primary N) is 1. The predicted octanol–water partition coefficient (Wildman–Crippen LogP) is 1.27. The molecular weight excluding hydrogens is 229 g/mol. The van der Waals surface area contributed by atoms with Crippen molar-refractivity contribution in [1.82, 2.24) is 0 Å². The maximum atomic E-state index is 12.6. The highest BCUT2D eigenvalue weighted by atomic mass is 35.5. The monoisotopic (exact) mass is 239 g/mol. The lowest BCUT2D eigenvalue weighted by atomic mass is 10.1. The van der Waals surface area contributed by atoms with Crippen molar-refractivity contribution >= 4 is 22.6 Å². The normalized spacial score (nSPS) is 10.7. The van der Waals surface area contributed by atoms with E-state index in [0.717, 1.165) is 0 Å². The van der Waals surface area contributed by atoms with E-state index in [1.165, 1.54) is 12.1 Å². The van der Waals surface area contributed by atoms with Crippen molar-refractivity contribution in [3.8, 4) is 0 Å². The van der Waals surface area contributed by atoms with Crippen LogP contribution >= 0.6 is 12.4 Å². The number of halogens is 2. The van der Waals surface area contributed by atoms with Crippen molar-refractivity contribution in [3.05, 3.63) is 29.8 Å². The molecular formula is C8H11ClFNO2S. The Bertz CT molecular complexity index is 394. The molecule has 0 spiro atoms. The fraction of sp³-hybridized carbons (Fsp3) is 0.250. The first-order valence-corrected chi connectivity index (χ1v) is 5.16. The first-order chi connectivity index (χ1) is 6.05. The molecule has 0 heterocycles. The fourth-order valence-electron chi connectivity index (χ4n) is 1.10. The first-order valence-electron chi connectivity index (χ1n) is 3.78. The molecule has 0 aliphatic carbocycles. The Morgan fingerprint density at radius 3 is 2.36 bits per heavy atom. The summed E-state index contributed by atoms with van der Waals surface area (Å²) < 4.78 is 33.9. The van der Waals surface area contributed by atoms with E-state index < -0.39 is 10.2 Å². The van der Waals surface area contributed by atoms with Crippen LogP contribution in [0.2, 0.25) is 0 Å². The van der Waals surface area contributed by atoms with Crippen molar-refractivity contribution in [2.24, 2.45) is 5.73 Å². The van der Waals surface area contributed by atoms with E-state index in [4.69, 9.17) is 5.73 Å². The maximum absolute atomic E-state index is 12.6. The maximum Gasteiger partial charge on any atom is 0.332 e. The third-order valence-corrected chi connectivity index (χ3v) is 2.57. The highest BCUT2D eigenvalue weighted by molar-refractivity contribution is 7.86. The summed E-state index contributed by atoms with van der Waals surface area (Å²) in [5, 5.41) is 0. The van der Waals surface area contributed by atoms with Crippen molar-refractivity contribution in [3.63, 3.8) is 0 Å². The van der Waals surface area contributed by atoms with Crippen LogP contribution in [0.1, 0.15) is 5.56 Å². The summed E-state index contributed by atoms with van der Waals surface area (Å²) in [6.07, 6.45) is 0.360. The van der Waals surface area contributed by atoms with Gasteiger partial charge >= 0.3 is 10.2 Å². The molecule has 0 radical (unpaired) electrons. The molecule has 80 valence electrons. The van der Waals surface area contributed by atoms with E-state index in [1.54, 1.807) is 12.1 Å². The smallest absolute Gasteiger partial charge is 0.330 e. The van der Waals surface area contributed by atoms with Gasteiger partial charge in [-0.3, -0.25) is 0 Å². The Kier molecular flexibility index (Phi) is 5.04. The zero-order valence-corrected chi connectivity index (χ0v) is 8.94. The molecule has 1 rings (SSSR count). The van der Waals surface area contributed by atoms with E-state index in [-0.39, 0.29) is 17.3 Å². The molecule has 1 aromatic rings. The van der Waals surface area contributed by atoms with E-state index in [9.17, 15) is 12.3 Å². The zero-order chi connectivity index (χ0) is 9.90. The highest BCUT2D eigenvalue weighted by Crippen LogP contribution is 2.17. The second kappa shape index (κ2) is 5.29. The highest BCUT2D eigenvalue weighted by Gasteiger charge is 2.15. The Labute approximate surface area is 88.7 Å². The molecule has 0 aliphatic heterocycles. The van der Waals surface area contributed by atoms with Gasteiger partial charge in [-0.1, -0.05) is 18.2 Å². The second-order valence-electron chi connectivity index (χ2n) is 2.58. The van der Waals surface area contributed by atoms with Crippen molar-refractivity contribution in [1.29, 1.82) is 0 Å². The van der Waals surface area contributed by atoms with Gasteiger partial charge in [-0.05, 0) is 24.6 Å². The summed E-state index contributed by atoms with van der Waals surface area (Å²) in [7, 11) is -4.61. The van der Waals surface area contributed by atoms with Crippen LogP contribution in [0, 0.1) is 0 Å². The summed E-state index contributed by atoms with van der Waals surface area (Å²) >= 11 is 0. The van der Waals surface area contributed by atoms with Crippen LogP contribution in [0.5, 0.6) is 0 Å². The third kappa shape index (κ3) is 3.25. The van der Waals surface area contributed by atoms with Crippen LogP contribution in [-0.4, -0.2) is 15.0 Å². The van der Waals surface area contributed by atoms with E-state index in [1.807, 2.05) is 0 Å². The lowest BCUT2D eigenvalue weighted by Gasteiger charge is -2.02. The number of hydrogen-bond donors (Lipinski definition) is 1. The minimum Gasteiger partial charge on any atom is -0.330 e. The second-order valence-corrected chi connectivity index (χ2v) is 3.90. The van der Waals surface area contributed by atoms with Gasteiger partial charge in [0.05, 0.1) is 0 Å². The van der Waals surface area contributed by atoms with Crippen LogP contribution < -0.4 is 5.73 Å². The molecule has 0 saturated heterocycles. The molecule has 0 saturated carbocycles. The Morgan fingerprint density at radius 2 is 1.86 bits per heavy atom. The van der Waals surface area contributed by atoms with Gasteiger partial charge in [0.25, 0.3) is 0 Å². The van der Waals surface area contributed by atoms with E-state index >= 15 is 0 Å². The number of rotatable bonds is 3. The van der Waals surface area contributed by atoms with E-state index in [0.29, 0.717) is 18.5 Å². The first kappa shape index (κ1) is 13.4. The average molecular weight is 240 g/mol. The molecule has 1 aromatic carbocycles. The van der Waals surface area contributed by atoms with Crippen LogP contribution in [-0.2, 0) is 16.6 Å². The molecule has 2 N–H and O–H groups in total. The summed E-state index contributed by atoms with van der Waals surface area (Å²) in [5.41, 5.74) is 5.68. The largest absolute Gasteiger partial charge is 0.332 e. The Hall–Kier alpha value is -0.650. The van der Waals surface area contributed by atoms with Crippen molar-refractivity contribution < 1.29 is 12.3 Å². The standard InChI is InChI=1S/C8H10FNO2S.ClH/c9-13(11,12)8-4-2-1-3-7(8)5-6-10;/h1-4H,5-6,10H2;1H. The molecule has 0 unspecified atom stereocenters. The van der Waals surface area contributed by atoms with Gasteiger partial charge < -0.3 is 5.73 Å². The molecule has 6 heteroatoms. The molecule has 0 bridgehead atoms. The molecule has 0 aromatic heterocycles. The fourth-order valence-corrected chi connectivity index (χ4v) is 1.83.